The molecule has 3 aliphatic rings. The third kappa shape index (κ3) is 4.54. The monoisotopic (exact) mass is 385 g/mol. The van der Waals surface area contributed by atoms with Crippen LogP contribution in [0, 0.1) is 22.0 Å². The minimum Gasteiger partial charge on any atom is -0.339 e. The van der Waals surface area contributed by atoms with Crippen LogP contribution in [0.1, 0.15) is 56.9 Å². The molecule has 0 bridgehead atoms. The summed E-state index contributed by atoms with van der Waals surface area (Å²) in [7, 11) is 0. The van der Waals surface area contributed by atoms with Crippen molar-refractivity contribution in [1.29, 1.82) is 0 Å². The zero-order valence-electron chi connectivity index (χ0n) is 16.6. The molecule has 1 atom stereocenters. The van der Waals surface area contributed by atoms with Crippen LogP contribution in [0.25, 0.3) is 0 Å². The number of amides is 1. The van der Waals surface area contributed by atoms with Gasteiger partial charge in [-0.25, -0.2) is 0 Å². The first-order chi connectivity index (χ1) is 13.6. The van der Waals surface area contributed by atoms with Crippen LogP contribution in [-0.2, 0) is 11.3 Å². The number of piperidine rings is 1. The Bertz CT molecular complexity index is 693. The number of hydrogen-bond acceptors (Lipinski definition) is 4. The number of carbonyl (C=O) groups excluding carboxylic acids is 1. The van der Waals surface area contributed by atoms with E-state index in [0.717, 1.165) is 63.8 Å². The predicted molar refractivity (Wildman–Crippen MR) is 108 cm³/mol. The van der Waals surface area contributed by atoms with Crippen LogP contribution in [0.4, 0.5) is 5.69 Å². The number of nitro groups is 1. The van der Waals surface area contributed by atoms with Crippen LogP contribution in [0.2, 0.25) is 0 Å². The zero-order chi connectivity index (χ0) is 19.5. The molecular formula is C22H31N3O3. The molecule has 152 valence electrons. The van der Waals surface area contributed by atoms with E-state index in [-0.39, 0.29) is 10.6 Å². The smallest absolute Gasteiger partial charge is 0.269 e. The summed E-state index contributed by atoms with van der Waals surface area (Å²) in [4.78, 5) is 28.0. The van der Waals surface area contributed by atoms with Crippen molar-refractivity contribution in [3.63, 3.8) is 0 Å². The maximum absolute atomic E-state index is 12.8. The van der Waals surface area contributed by atoms with Crippen molar-refractivity contribution < 1.29 is 9.72 Å². The van der Waals surface area contributed by atoms with Crippen molar-refractivity contribution in [2.24, 2.45) is 11.8 Å². The van der Waals surface area contributed by atoms with Gasteiger partial charge in [-0.15, -0.1) is 0 Å². The Labute approximate surface area is 167 Å². The lowest BCUT2D eigenvalue weighted by molar-refractivity contribution is -0.384. The number of benzene rings is 1. The number of likely N-dealkylation sites (tertiary alicyclic amines) is 2. The third-order valence-electron chi connectivity index (χ3n) is 6.74. The van der Waals surface area contributed by atoms with Crippen LogP contribution >= 0.6 is 0 Å². The van der Waals surface area contributed by atoms with Gasteiger partial charge in [0.2, 0.25) is 5.91 Å². The second kappa shape index (κ2) is 8.60. The Kier molecular flexibility index (Phi) is 5.95. The molecule has 1 saturated carbocycles. The van der Waals surface area contributed by atoms with E-state index in [1.54, 1.807) is 12.1 Å². The predicted octanol–water partition coefficient (Wildman–Crippen LogP) is 3.99. The van der Waals surface area contributed by atoms with Gasteiger partial charge in [0.25, 0.3) is 5.69 Å². The maximum atomic E-state index is 12.8. The SMILES string of the molecule is O=C(C1CC1)N1CCCCC[C@H]1C1CCN(Cc2ccc([N+](=O)[O-])cc2)CC1. The summed E-state index contributed by atoms with van der Waals surface area (Å²) in [5.41, 5.74) is 1.28. The summed E-state index contributed by atoms with van der Waals surface area (Å²) in [6, 6.07) is 7.36. The molecule has 6 nitrogen and oxygen atoms in total. The summed E-state index contributed by atoms with van der Waals surface area (Å²) in [6.07, 6.45) is 9.31. The van der Waals surface area contributed by atoms with E-state index < -0.39 is 0 Å². The van der Waals surface area contributed by atoms with Gasteiger partial charge < -0.3 is 4.90 Å². The van der Waals surface area contributed by atoms with Crippen molar-refractivity contribution in [2.75, 3.05) is 19.6 Å². The minimum absolute atomic E-state index is 0.149. The Hall–Kier alpha value is -1.95. The summed E-state index contributed by atoms with van der Waals surface area (Å²) in [5.74, 6) is 1.37. The molecule has 28 heavy (non-hydrogen) atoms. The molecule has 0 spiro atoms. The maximum Gasteiger partial charge on any atom is 0.269 e. The summed E-state index contributed by atoms with van der Waals surface area (Å²) < 4.78 is 0. The highest BCUT2D eigenvalue weighted by molar-refractivity contribution is 5.81. The lowest BCUT2D eigenvalue weighted by atomic mass is 9.85. The number of hydrogen-bond donors (Lipinski definition) is 0. The van der Waals surface area contributed by atoms with Gasteiger partial charge in [-0.05, 0) is 63.1 Å². The van der Waals surface area contributed by atoms with Gasteiger partial charge in [-0.2, -0.15) is 0 Å². The molecule has 0 aromatic heterocycles. The molecule has 1 aromatic rings. The molecule has 0 unspecified atom stereocenters. The zero-order valence-corrected chi connectivity index (χ0v) is 16.6. The van der Waals surface area contributed by atoms with E-state index in [9.17, 15) is 14.9 Å². The third-order valence-corrected chi connectivity index (χ3v) is 6.74. The van der Waals surface area contributed by atoms with Crippen LogP contribution in [0.3, 0.4) is 0 Å². The minimum atomic E-state index is -0.350. The van der Waals surface area contributed by atoms with Crippen molar-refractivity contribution in [2.45, 2.75) is 64.0 Å². The molecule has 3 fully saturated rings. The van der Waals surface area contributed by atoms with Crippen molar-refractivity contribution >= 4 is 11.6 Å². The molecule has 0 N–H and O–H groups in total. The van der Waals surface area contributed by atoms with E-state index >= 15 is 0 Å². The molecule has 2 heterocycles. The van der Waals surface area contributed by atoms with Crippen LogP contribution in [-0.4, -0.2) is 46.3 Å². The van der Waals surface area contributed by atoms with Gasteiger partial charge in [0, 0.05) is 37.2 Å². The normalized spacial score (nSPS) is 24.7. The Balaban J connectivity index is 1.33. The second-order valence-corrected chi connectivity index (χ2v) is 8.76. The highest BCUT2D eigenvalue weighted by Crippen LogP contribution is 2.36. The highest BCUT2D eigenvalue weighted by Gasteiger charge is 2.39. The van der Waals surface area contributed by atoms with E-state index in [1.165, 1.54) is 19.3 Å². The van der Waals surface area contributed by atoms with Gasteiger partial charge in [0.05, 0.1) is 4.92 Å². The topological polar surface area (TPSA) is 66.7 Å². The quantitative estimate of drug-likeness (QED) is 0.568. The average molecular weight is 386 g/mol. The fourth-order valence-electron chi connectivity index (χ4n) is 4.94. The van der Waals surface area contributed by atoms with Crippen molar-refractivity contribution in [1.82, 2.24) is 9.80 Å². The van der Waals surface area contributed by atoms with Crippen molar-refractivity contribution in [3.8, 4) is 0 Å². The lowest BCUT2D eigenvalue weighted by Gasteiger charge is -2.41. The van der Waals surface area contributed by atoms with E-state index in [0.29, 0.717) is 23.8 Å². The first kappa shape index (κ1) is 19.4. The van der Waals surface area contributed by atoms with E-state index in [4.69, 9.17) is 0 Å². The first-order valence-electron chi connectivity index (χ1n) is 10.9. The lowest BCUT2D eigenvalue weighted by Crippen LogP contribution is -2.48. The van der Waals surface area contributed by atoms with Crippen LogP contribution in [0.15, 0.2) is 24.3 Å². The second-order valence-electron chi connectivity index (χ2n) is 8.76. The van der Waals surface area contributed by atoms with E-state index in [1.807, 2.05) is 12.1 Å². The number of non-ortho nitro benzene ring substituents is 1. The molecule has 0 radical (unpaired) electrons. The van der Waals surface area contributed by atoms with Gasteiger partial charge in [-0.1, -0.05) is 25.0 Å². The Morgan fingerprint density at radius 1 is 0.964 bits per heavy atom. The standard InChI is InChI=1S/C22H31N3O3/c26-22(19-7-8-19)24-13-3-1-2-4-21(24)18-11-14-23(15-12-18)16-17-5-9-20(10-6-17)25(27)28/h5-6,9-10,18-19,21H,1-4,7-8,11-16H2/t21-/m0/s1. The molecule has 1 aliphatic carbocycles. The summed E-state index contributed by atoms with van der Waals surface area (Å²) in [5, 5.41) is 10.8. The molecule has 2 aliphatic heterocycles. The Morgan fingerprint density at radius 3 is 2.32 bits per heavy atom. The average Bonchev–Trinajstić information content (AvgIpc) is 3.55. The largest absolute Gasteiger partial charge is 0.339 e. The fraction of sp³-hybridized carbons (Fsp3) is 0.682. The fourth-order valence-corrected chi connectivity index (χ4v) is 4.94. The van der Waals surface area contributed by atoms with Gasteiger partial charge in [0.1, 0.15) is 0 Å². The van der Waals surface area contributed by atoms with Gasteiger partial charge >= 0.3 is 0 Å². The van der Waals surface area contributed by atoms with Gasteiger partial charge in [-0.3, -0.25) is 19.8 Å². The molecule has 6 heteroatoms. The molecular weight excluding hydrogens is 354 g/mol. The summed E-state index contributed by atoms with van der Waals surface area (Å²) >= 11 is 0. The van der Waals surface area contributed by atoms with E-state index in [2.05, 4.69) is 9.80 Å². The highest BCUT2D eigenvalue weighted by atomic mass is 16.6. The number of nitrogens with zero attached hydrogens (tertiary/aromatic N) is 3. The Morgan fingerprint density at radius 2 is 1.68 bits per heavy atom. The molecule has 4 rings (SSSR count). The molecule has 2 saturated heterocycles. The van der Waals surface area contributed by atoms with Crippen molar-refractivity contribution in [3.05, 3.63) is 39.9 Å². The number of rotatable bonds is 5. The van der Waals surface area contributed by atoms with Crippen LogP contribution in [0.5, 0.6) is 0 Å². The van der Waals surface area contributed by atoms with Gasteiger partial charge in [0.15, 0.2) is 0 Å². The molecule has 1 amide bonds. The number of nitro benzene ring substituents is 1. The first-order valence-corrected chi connectivity index (χ1v) is 10.9. The summed E-state index contributed by atoms with van der Waals surface area (Å²) in [6.45, 7) is 3.90. The number of carbonyl (C=O) groups is 1. The van der Waals surface area contributed by atoms with Crippen LogP contribution < -0.4 is 0 Å². The molecule has 1 aromatic carbocycles.